The van der Waals surface area contributed by atoms with E-state index in [-0.39, 0.29) is 5.41 Å². The molecule has 0 aliphatic heterocycles. The topological polar surface area (TPSA) is 37.8 Å². The molecule has 122 valence electrons. The fraction of sp³-hybridized carbons (Fsp3) is 0.333. The first-order valence-electron chi connectivity index (χ1n) is 8.87. The maximum atomic E-state index is 4.54. The van der Waals surface area contributed by atoms with E-state index < -0.39 is 0 Å². The highest BCUT2D eigenvalue weighted by molar-refractivity contribution is 5.87. The third-order valence-electron chi connectivity index (χ3n) is 5.31. The highest BCUT2D eigenvalue weighted by Gasteiger charge is 2.33. The molecular weight excluding hydrogens is 294 g/mol. The Labute approximate surface area is 143 Å². The molecule has 1 saturated carbocycles. The van der Waals surface area contributed by atoms with E-state index >= 15 is 0 Å². The van der Waals surface area contributed by atoms with Crippen LogP contribution < -0.4 is 5.32 Å². The summed E-state index contributed by atoms with van der Waals surface area (Å²) >= 11 is 0. The number of nitrogens with one attached hydrogen (secondary N) is 1. The minimum absolute atomic E-state index is 0.206. The molecule has 0 unspecified atom stereocenters. The van der Waals surface area contributed by atoms with Crippen LogP contribution in [0.5, 0.6) is 0 Å². The van der Waals surface area contributed by atoms with E-state index in [9.17, 15) is 0 Å². The summed E-state index contributed by atoms with van der Waals surface area (Å²) in [6.45, 7) is 0.916. The second kappa shape index (κ2) is 6.60. The van der Waals surface area contributed by atoms with Gasteiger partial charge in [-0.25, -0.2) is 4.98 Å². The van der Waals surface area contributed by atoms with Crippen molar-refractivity contribution in [2.75, 3.05) is 11.9 Å². The fourth-order valence-electron chi connectivity index (χ4n) is 3.97. The van der Waals surface area contributed by atoms with Crippen LogP contribution in [0.3, 0.4) is 0 Å². The van der Waals surface area contributed by atoms with Gasteiger partial charge in [0, 0.05) is 29.7 Å². The van der Waals surface area contributed by atoms with Crippen LogP contribution in [-0.4, -0.2) is 16.5 Å². The molecule has 0 bridgehead atoms. The number of rotatable bonds is 4. The Morgan fingerprint density at radius 1 is 0.833 bits per heavy atom. The second-order valence-corrected chi connectivity index (χ2v) is 6.80. The number of hydrogen-bond donors (Lipinski definition) is 1. The molecular formula is C21H23N3. The van der Waals surface area contributed by atoms with Gasteiger partial charge in [0.2, 0.25) is 0 Å². The maximum Gasteiger partial charge on any atom is 0.152 e. The average molecular weight is 317 g/mol. The maximum absolute atomic E-state index is 4.54. The van der Waals surface area contributed by atoms with Gasteiger partial charge < -0.3 is 5.32 Å². The Balaban J connectivity index is 1.64. The van der Waals surface area contributed by atoms with Gasteiger partial charge in [0.15, 0.2) is 5.82 Å². The molecule has 2 aromatic heterocycles. The smallest absolute Gasteiger partial charge is 0.152 e. The summed E-state index contributed by atoms with van der Waals surface area (Å²) in [5, 5.41) is 4.75. The van der Waals surface area contributed by atoms with E-state index in [0.717, 1.165) is 23.3 Å². The van der Waals surface area contributed by atoms with Gasteiger partial charge >= 0.3 is 0 Å². The summed E-state index contributed by atoms with van der Waals surface area (Å²) in [5.41, 5.74) is 2.61. The third-order valence-corrected chi connectivity index (χ3v) is 5.31. The van der Waals surface area contributed by atoms with Crippen molar-refractivity contribution in [2.45, 2.75) is 37.5 Å². The van der Waals surface area contributed by atoms with E-state index in [4.69, 9.17) is 0 Å². The van der Waals surface area contributed by atoms with Gasteiger partial charge in [-0.3, -0.25) is 4.98 Å². The molecule has 0 amide bonds. The van der Waals surface area contributed by atoms with E-state index in [0.29, 0.717) is 0 Å². The molecule has 4 rings (SSSR count). The normalized spacial score (nSPS) is 16.8. The van der Waals surface area contributed by atoms with Gasteiger partial charge in [-0.1, -0.05) is 55.7 Å². The summed E-state index contributed by atoms with van der Waals surface area (Å²) in [6, 6.07) is 17.0. The van der Waals surface area contributed by atoms with Crippen molar-refractivity contribution in [1.29, 1.82) is 0 Å². The Bertz CT molecular complexity index is 802. The minimum atomic E-state index is 0.206. The van der Waals surface area contributed by atoms with Gasteiger partial charge in [-0.05, 0) is 30.5 Å². The number of aromatic nitrogens is 2. The SMILES string of the molecule is c1ccc(C2(CNc3nccc4cccnc34)CCCCC2)cc1. The van der Waals surface area contributed by atoms with Crippen LogP contribution in [0.1, 0.15) is 37.7 Å². The summed E-state index contributed by atoms with van der Waals surface area (Å²) in [7, 11) is 0. The molecule has 1 aliphatic rings. The summed E-state index contributed by atoms with van der Waals surface area (Å²) in [6.07, 6.45) is 10.1. The molecule has 0 atom stereocenters. The Morgan fingerprint density at radius 3 is 2.50 bits per heavy atom. The Hall–Kier alpha value is -2.42. The molecule has 1 aromatic carbocycles. The molecule has 0 spiro atoms. The van der Waals surface area contributed by atoms with Crippen molar-refractivity contribution in [1.82, 2.24) is 9.97 Å². The van der Waals surface area contributed by atoms with Crippen LogP contribution >= 0.6 is 0 Å². The molecule has 3 aromatic rings. The first-order valence-corrected chi connectivity index (χ1v) is 8.87. The minimum Gasteiger partial charge on any atom is -0.367 e. The lowest BCUT2D eigenvalue weighted by Crippen LogP contribution is -2.36. The zero-order chi connectivity index (χ0) is 16.2. The van der Waals surface area contributed by atoms with Crippen LogP contribution in [-0.2, 0) is 5.41 Å². The van der Waals surface area contributed by atoms with Crippen molar-refractivity contribution in [2.24, 2.45) is 0 Å². The van der Waals surface area contributed by atoms with Crippen LogP contribution in [0.25, 0.3) is 10.9 Å². The van der Waals surface area contributed by atoms with Crippen LogP contribution in [0.2, 0.25) is 0 Å². The summed E-state index contributed by atoms with van der Waals surface area (Å²) in [5.74, 6) is 0.897. The van der Waals surface area contributed by atoms with Crippen molar-refractivity contribution in [3.8, 4) is 0 Å². The molecule has 0 saturated heterocycles. The van der Waals surface area contributed by atoms with Crippen molar-refractivity contribution in [3.63, 3.8) is 0 Å². The monoisotopic (exact) mass is 317 g/mol. The van der Waals surface area contributed by atoms with Crippen molar-refractivity contribution >= 4 is 16.7 Å². The predicted octanol–water partition coefficient (Wildman–Crippen LogP) is 4.94. The Morgan fingerprint density at radius 2 is 1.67 bits per heavy atom. The number of nitrogens with zero attached hydrogens (tertiary/aromatic N) is 2. The van der Waals surface area contributed by atoms with Crippen LogP contribution in [0.4, 0.5) is 5.82 Å². The lowest BCUT2D eigenvalue weighted by Gasteiger charge is -2.38. The lowest BCUT2D eigenvalue weighted by atomic mass is 9.69. The van der Waals surface area contributed by atoms with Crippen LogP contribution in [0, 0.1) is 0 Å². The molecule has 0 radical (unpaired) electrons. The number of fused-ring (bicyclic) bond motifs is 1. The van der Waals surface area contributed by atoms with Gasteiger partial charge in [0.25, 0.3) is 0 Å². The first-order chi connectivity index (χ1) is 11.9. The number of anilines is 1. The highest BCUT2D eigenvalue weighted by atomic mass is 15.0. The van der Waals surface area contributed by atoms with E-state index in [1.54, 1.807) is 0 Å². The quantitative estimate of drug-likeness (QED) is 0.740. The standard InChI is InChI=1S/C21H23N3/c1-3-9-18(10-4-1)21(12-5-2-6-13-21)16-24-20-19-17(11-15-23-20)8-7-14-22-19/h1,3-4,7-11,14-15H,2,5-6,12-13,16H2,(H,23,24). The second-order valence-electron chi connectivity index (χ2n) is 6.80. The molecule has 1 aliphatic carbocycles. The van der Waals surface area contributed by atoms with Crippen LogP contribution in [0.15, 0.2) is 60.9 Å². The number of pyridine rings is 2. The molecule has 1 fully saturated rings. The van der Waals surface area contributed by atoms with E-state index in [2.05, 4.69) is 51.7 Å². The van der Waals surface area contributed by atoms with E-state index in [1.807, 2.05) is 24.5 Å². The largest absolute Gasteiger partial charge is 0.367 e. The van der Waals surface area contributed by atoms with Crippen molar-refractivity contribution < 1.29 is 0 Å². The molecule has 3 heteroatoms. The average Bonchev–Trinajstić information content (AvgIpc) is 2.68. The Kier molecular flexibility index (Phi) is 4.16. The fourth-order valence-corrected chi connectivity index (χ4v) is 3.97. The van der Waals surface area contributed by atoms with Gasteiger partial charge in [-0.2, -0.15) is 0 Å². The van der Waals surface area contributed by atoms with E-state index in [1.165, 1.54) is 37.7 Å². The highest BCUT2D eigenvalue weighted by Crippen LogP contribution is 2.39. The summed E-state index contributed by atoms with van der Waals surface area (Å²) < 4.78 is 0. The predicted molar refractivity (Wildman–Crippen MR) is 99.2 cm³/mol. The zero-order valence-corrected chi connectivity index (χ0v) is 13.9. The third kappa shape index (κ3) is 2.86. The van der Waals surface area contributed by atoms with Gasteiger partial charge in [0.05, 0.1) is 0 Å². The number of hydrogen-bond acceptors (Lipinski definition) is 3. The van der Waals surface area contributed by atoms with Gasteiger partial charge in [-0.15, -0.1) is 0 Å². The summed E-state index contributed by atoms with van der Waals surface area (Å²) in [4.78, 5) is 9.06. The first kappa shape index (κ1) is 15.1. The molecule has 3 nitrogen and oxygen atoms in total. The zero-order valence-electron chi connectivity index (χ0n) is 13.9. The van der Waals surface area contributed by atoms with Crippen molar-refractivity contribution in [3.05, 3.63) is 66.5 Å². The molecule has 2 heterocycles. The molecule has 24 heavy (non-hydrogen) atoms. The molecule has 1 N–H and O–H groups in total. The number of benzene rings is 1. The lowest BCUT2D eigenvalue weighted by molar-refractivity contribution is 0.308. The van der Waals surface area contributed by atoms with Gasteiger partial charge in [0.1, 0.15) is 5.52 Å².